The third kappa shape index (κ3) is 3.31. The molecule has 1 saturated heterocycles. The van der Waals surface area contributed by atoms with E-state index in [0.717, 1.165) is 12.6 Å². The maximum absolute atomic E-state index is 11.7. The summed E-state index contributed by atoms with van der Waals surface area (Å²) in [4.78, 5) is 25.0. The lowest BCUT2D eigenvalue weighted by Gasteiger charge is -2.23. The predicted octanol–water partition coefficient (Wildman–Crippen LogP) is -1.20. The van der Waals surface area contributed by atoms with Crippen molar-refractivity contribution in [1.29, 1.82) is 0 Å². The van der Waals surface area contributed by atoms with Gasteiger partial charge in [-0.1, -0.05) is 0 Å². The van der Waals surface area contributed by atoms with Gasteiger partial charge >= 0.3 is 0 Å². The number of nitrogens with one attached hydrogen (secondary N) is 3. The minimum absolute atomic E-state index is 0.0710. The Kier molecular flexibility index (Phi) is 3.96. The van der Waals surface area contributed by atoms with Crippen LogP contribution in [0.25, 0.3) is 0 Å². The van der Waals surface area contributed by atoms with E-state index in [2.05, 4.69) is 15.6 Å². The maximum atomic E-state index is 11.7. The molecule has 7 nitrogen and oxygen atoms in total. The van der Waals surface area contributed by atoms with Crippen LogP contribution < -0.4 is 16.2 Å². The molecule has 4 N–H and O–H groups in total. The van der Waals surface area contributed by atoms with E-state index >= 15 is 0 Å². The minimum Gasteiger partial charge on any atom is -0.494 e. The molecule has 0 bridgehead atoms. The number of carbonyl (C=O) groups excluding carboxylic acids is 1. The second-order valence-electron chi connectivity index (χ2n) is 4.03. The van der Waals surface area contributed by atoms with Gasteiger partial charge in [0.25, 0.3) is 11.5 Å². The van der Waals surface area contributed by atoms with Crippen LogP contribution in [0.2, 0.25) is 0 Å². The van der Waals surface area contributed by atoms with E-state index in [1.54, 1.807) is 0 Å². The van der Waals surface area contributed by atoms with E-state index < -0.39 is 11.5 Å². The Labute approximate surface area is 103 Å². The first-order valence-corrected chi connectivity index (χ1v) is 5.69. The van der Waals surface area contributed by atoms with Gasteiger partial charge in [0, 0.05) is 31.8 Å². The van der Waals surface area contributed by atoms with Crippen molar-refractivity contribution in [3.63, 3.8) is 0 Å². The zero-order valence-electron chi connectivity index (χ0n) is 9.73. The Morgan fingerprint density at radius 3 is 3.06 bits per heavy atom. The lowest BCUT2D eigenvalue weighted by atomic mass is 10.2. The molecule has 1 aromatic rings. The third-order valence-electron chi connectivity index (χ3n) is 2.59. The molecule has 0 spiro atoms. The van der Waals surface area contributed by atoms with Crippen molar-refractivity contribution in [3.8, 4) is 5.88 Å². The number of hydrogen-bond donors (Lipinski definition) is 4. The van der Waals surface area contributed by atoms with Gasteiger partial charge in [0.05, 0.1) is 18.3 Å². The first-order valence-electron chi connectivity index (χ1n) is 5.69. The molecule has 1 unspecified atom stereocenters. The van der Waals surface area contributed by atoms with Gasteiger partial charge in [-0.05, 0) is 0 Å². The van der Waals surface area contributed by atoms with Crippen LogP contribution in [0.1, 0.15) is 10.4 Å². The van der Waals surface area contributed by atoms with Gasteiger partial charge in [-0.3, -0.25) is 14.6 Å². The number of amides is 1. The molecule has 0 radical (unpaired) electrons. The van der Waals surface area contributed by atoms with Crippen molar-refractivity contribution in [3.05, 3.63) is 28.0 Å². The van der Waals surface area contributed by atoms with Gasteiger partial charge in [-0.2, -0.15) is 0 Å². The van der Waals surface area contributed by atoms with Crippen molar-refractivity contribution in [2.24, 2.45) is 0 Å². The summed E-state index contributed by atoms with van der Waals surface area (Å²) in [7, 11) is 0. The summed E-state index contributed by atoms with van der Waals surface area (Å²) < 4.78 is 5.42. The summed E-state index contributed by atoms with van der Waals surface area (Å²) in [5.41, 5.74) is -0.393. The number of aromatic hydroxyl groups is 1. The lowest BCUT2D eigenvalue weighted by Crippen LogP contribution is -2.45. The van der Waals surface area contributed by atoms with E-state index in [1.807, 2.05) is 0 Å². The second-order valence-corrected chi connectivity index (χ2v) is 4.03. The summed E-state index contributed by atoms with van der Waals surface area (Å²) in [6.45, 7) is 2.47. The Morgan fingerprint density at radius 2 is 2.39 bits per heavy atom. The number of hydrogen-bond acceptors (Lipinski definition) is 5. The average molecular weight is 253 g/mol. The normalized spacial score (nSPS) is 19.4. The van der Waals surface area contributed by atoms with Gasteiger partial charge in [0.2, 0.25) is 0 Å². The predicted molar refractivity (Wildman–Crippen MR) is 63.7 cm³/mol. The van der Waals surface area contributed by atoms with Crippen LogP contribution in [0, 0.1) is 0 Å². The molecule has 1 atom stereocenters. The van der Waals surface area contributed by atoms with Crippen molar-refractivity contribution < 1.29 is 14.6 Å². The van der Waals surface area contributed by atoms with Crippen molar-refractivity contribution in [2.75, 3.05) is 26.2 Å². The largest absolute Gasteiger partial charge is 0.494 e. The van der Waals surface area contributed by atoms with Crippen molar-refractivity contribution in [1.82, 2.24) is 15.6 Å². The fraction of sp³-hybridized carbons (Fsp3) is 0.455. The molecule has 2 heterocycles. The molecule has 7 heteroatoms. The van der Waals surface area contributed by atoms with Gasteiger partial charge in [0.15, 0.2) is 5.88 Å². The fourth-order valence-corrected chi connectivity index (χ4v) is 1.72. The highest BCUT2D eigenvalue weighted by atomic mass is 16.5. The fourth-order valence-electron chi connectivity index (χ4n) is 1.72. The number of aromatic nitrogens is 1. The summed E-state index contributed by atoms with van der Waals surface area (Å²) >= 11 is 0. The number of H-pyrrole nitrogens is 1. The van der Waals surface area contributed by atoms with Crippen molar-refractivity contribution >= 4 is 5.91 Å². The summed E-state index contributed by atoms with van der Waals surface area (Å²) in [5, 5.41) is 15.0. The van der Waals surface area contributed by atoms with Crippen LogP contribution in [0.3, 0.4) is 0 Å². The van der Waals surface area contributed by atoms with Gasteiger partial charge in [-0.15, -0.1) is 0 Å². The average Bonchev–Trinajstić information content (AvgIpc) is 2.36. The molecule has 18 heavy (non-hydrogen) atoms. The van der Waals surface area contributed by atoms with Crippen LogP contribution in [0.5, 0.6) is 5.88 Å². The molecule has 0 aliphatic carbocycles. The zero-order chi connectivity index (χ0) is 13.0. The summed E-state index contributed by atoms with van der Waals surface area (Å²) in [5.74, 6) is -0.742. The molecule has 2 rings (SSSR count). The highest BCUT2D eigenvalue weighted by molar-refractivity contribution is 5.94. The van der Waals surface area contributed by atoms with Gasteiger partial charge in [-0.25, -0.2) is 0 Å². The number of rotatable bonds is 3. The van der Waals surface area contributed by atoms with Crippen LogP contribution in [-0.4, -0.2) is 48.3 Å². The van der Waals surface area contributed by atoms with E-state index in [1.165, 1.54) is 6.07 Å². The molecular weight excluding hydrogens is 238 g/mol. The Bertz CT molecular complexity index is 479. The highest BCUT2D eigenvalue weighted by Crippen LogP contribution is 2.04. The van der Waals surface area contributed by atoms with Crippen LogP contribution >= 0.6 is 0 Å². The van der Waals surface area contributed by atoms with Crippen LogP contribution in [0.4, 0.5) is 0 Å². The molecule has 0 saturated carbocycles. The van der Waals surface area contributed by atoms with Crippen LogP contribution in [0.15, 0.2) is 16.9 Å². The quantitative estimate of drug-likeness (QED) is 0.541. The zero-order valence-corrected chi connectivity index (χ0v) is 9.73. The Morgan fingerprint density at radius 1 is 1.56 bits per heavy atom. The van der Waals surface area contributed by atoms with E-state index in [4.69, 9.17) is 4.74 Å². The molecule has 1 aromatic heterocycles. The SMILES string of the molecule is O=C(NCC1CNCCO1)c1cc(O)[nH]c(=O)c1. The number of carbonyl (C=O) groups is 1. The number of aromatic amines is 1. The first-order chi connectivity index (χ1) is 8.65. The smallest absolute Gasteiger partial charge is 0.251 e. The third-order valence-corrected chi connectivity index (χ3v) is 2.59. The molecule has 1 aliphatic heterocycles. The van der Waals surface area contributed by atoms with E-state index in [0.29, 0.717) is 19.7 Å². The minimum atomic E-state index is -0.518. The molecule has 1 amide bonds. The Balaban J connectivity index is 1.92. The Hall–Kier alpha value is -1.86. The number of ether oxygens (including phenoxy) is 1. The van der Waals surface area contributed by atoms with Gasteiger partial charge < -0.3 is 20.5 Å². The highest BCUT2D eigenvalue weighted by Gasteiger charge is 2.15. The van der Waals surface area contributed by atoms with Gasteiger partial charge in [0.1, 0.15) is 0 Å². The summed E-state index contributed by atoms with van der Waals surface area (Å²) in [6.07, 6.45) is -0.0710. The monoisotopic (exact) mass is 253 g/mol. The molecule has 98 valence electrons. The van der Waals surface area contributed by atoms with E-state index in [9.17, 15) is 14.7 Å². The van der Waals surface area contributed by atoms with Crippen LogP contribution in [-0.2, 0) is 4.74 Å². The van der Waals surface area contributed by atoms with Crippen molar-refractivity contribution in [2.45, 2.75) is 6.10 Å². The summed E-state index contributed by atoms with van der Waals surface area (Å²) in [6, 6.07) is 2.34. The molecule has 1 fully saturated rings. The molecular formula is C11H15N3O4. The number of morpholine rings is 1. The standard InChI is InChI=1S/C11H15N3O4/c15-9-3-7(4-10(16)14-9)11(17)13-6-8-5-12-1-2-18-8/h3-4,8,12H,1-2,5-6H2,(H,13,17)(H2,14,15,16). The topological polar surface area (TPSA) is 103 Å². The molecule has 0 aromatic carbocycles. The number of pyridine rings is 1. The lowest BCUT2D eigenvalue weighted by molar-refractivity contribution is 0.0287. The maximum Gasteiger partial charge on any atom is 0.251 e. The second kappa shape index (κ2) is 5.65. The first kappa shape index (κ1) is 12.6. The molecule has 1 aliphatic rings. The van der Waals surface area contributed by atoms with E-state index in [-0.39, 0.29) is 17.5 Å².